The number of nitrogen functional groups attached to an aromatic ring is 1. The van der Waals surface area contributed by atoms with Crippen LogP contribution in [0.3, 0.4) is 0 Å². The molecule has 0 bridgehead atoms. The van der Waals surface area contributed by atoms with Gasteiger partial charge in [0, 0.05) is 17.0 Å². The van der Waals surface area contributed by atoms with Crippen LogP contribution in [0.25, 0.3) is 0 Å². The van der Waals surface area contributed by atoms with E-state index in [1.54, 1.807) is 11.8 Å². The highest BCUT2D eigenvalue weighted by Gasteiger charge is 2.30. The second-order valence-electron chi connectivity index (χ2n) is 5.76. The van der Waals surface area contributed by atoms with Crippen LogP contribution in [0.2, 0.25) is 0 Å². The van der Waals surface area contributed by atoms with Crippen molar-refractivity contribution in [1.82, 2.24) is 4.90 Å². The van der Waals surface area contributed by atoms with Crippen LogP contribution in [0.15, 0.2) is 24.3 Å². The summed E-state index contributed by atoms with van der Waals surface area (Å²) in [7, 11) is 0. The molecule has 2 aromatic rings. The number of hydrogen-bond donors (Lipinski definition) is 1. The number of fused-ring (bicyclic) bond motifs is 1. The van der Waals surface area contributed by atoms with Gasteiger partial charge in [-0.3, -0.25) is 4.79 Å². The molecule has 0 saturated carbocycles. The number of aryl methyl sites for hydroxylation is 1. The van der Waals surface area contributed by atoms with Gasteiger partial charge in [0.15, 0.2) is 5.78 Å². The summed E-state index contributed by atoms with van der Waals surface area (Å²) in [4.78, 5) is 27.5. The van der Waals surface area contributed by atoms with Gasteiger partial charge in [-0.2, -0.15) is 0 Å². The Morgan fingerprint density at radius 2 is 2.08 bits per heavy atom. The molecule has 1 aliphatic heterocycles. The minimum Gasteiger partial charge on any atom is -0.450 e. The maximum absolute atomic E-state index is 13.0. The number of carbonyl (C=O) groups excluding carboxylic acids is 2. The highest BCUT2D eigenvalue weighted by Crippen LogP contribution is 2.37. The maximum atomic E-state index is 13.0. The number of rotatable bonds is 3. The molecule has 1 aliphatic rings. The normalized spacial score (nSPS) is 13.5. The van der Waals surface area contributed by atoms with E-state index in [0.29, 0.717) is 42.2 Å². The Kier molecular flexibility index (Phi) is 4.57. The summed E-state index contributed by atoms with van der Waals surface area (Å²) >= 11 is 1.39. The lowest BCUT2D eigenvalue weighted by molar-refractivity contribution is 0.102. The van der Waals surface area contributed by atoms with Gasteiger partial charge in [-0.15, -0.1) is 11.3 Å². The van der Waals surface area contributed by atoms with E-state index in [1.807, 2.05) is 31.2 Å². The molecule has 3 rings (SSSR count). The van der Waals surface area contributed by atoms with Gasteiger partial charge in [0.05, 0.1) is 23.7 Å². The molecule has 0 saturated heterocycles. The van der Waals surface area contributed by atoms with Crippen molar-refractivity contribution in [2.45, 2.75) is 26.8 Å². The maximum Gasteiger partial charge on any atom is 0.410 e. The molecule has 0 fully saturated rings. The van der Waals surface area contributed by atoms with Crippen LogP contribution < -0.4 is 5.73 Å². The number of nitrogens with two attached hydrogens (primary N) is 1. The smallest absolute Gasteiger partial charge is 0.410 e. The molecule has 24 heavy (non-hydrogen) atoms. The first-order chi connectivity index (χ1) is 11.5. The molecule has 2 N–H and O–H groups in total. The molecule has 1 aromatic heterocycles. The average molecular weight is 344 g/mol. The van der Waals surface area contributed by atoms with E-state index in [4.69, 9.17) is 10.5 Å². The van der Waals surface area contributed by atoms with Gasteiger partial charge in [0.2, 0.25) is 0 Å². The van der Waals surface area contributed by atoms with Crippen LogP contribution in [-0.4, -0.2) is 29.9 Å². The largest absolute Gasteiger partial charge is 0.450 e. The lowest BCUT2D eigenvalue weighted by atomic mass is 9.94. The first kappa shape index (κ1) is 16.5. The van der Waals surface area contributed by atoms with E-state index in [9.17, 15) is 9.59 Å². The zero-order chi connectivity index (χ0) is 17.3. The van der Waals surface area contributed by atoms with Gasteiger partial charge >= 0.3 is 6.09 Å². The van der Waals surface area contributed by atoms with Crippen molar-refractivity contribution >= 4 is 28.2 Å². The van der Waals surface area contributed by atoms with E-state index < -0.39 is 0 Å². The second kappa shape index (κ2) is 6.65. The van der Waals surface area contributed by atoms with E-state index >= 15 is 0 Å². The molecule has 0 radical (unpaired) electrons. The zero-order valence-electron chi connectivity index (χ0n) is 13.8. The van der Waals surface area contributed by atoms with Crippen LogP contribution in [0.1, 0.15) is 38.8 Å². The molecule has 0 atom stereocenters. The van der Waals surface area contributed by atoms with Crippen molar-refractivity contribution in [2.24, 2.45) is 0 Å². The molecule has 0 unspecified atom stereocenters. The molecule has 2 heterocycles. The number of carbonyl (C=O) groups is 2. The fourth-order valence-electron chi connectivity index (χ4n) is 3.01. The van der Waals surface area contributed by atoms with Gasteiger partial charge < -0.3 is 15.4 Å². The topological polar surface area (TPSA) is 72.6 Å². The highest BCUT2D eigenvalue weighted by atomic mass is 32.1. The predicted octanol–water partition coefficient (Wildman–Crippen LogP) is 3.38. The molecule has 126 valence electrons. The third kappa shape index (κ3) is 2.89. The van der Waals surface area contributed by atoms with Crippen molar-refractivity contribution < 1.29 is 14.3 Å². The van der Waals surface area contributed by atoms with Crippen LogP contribution >= 0.6 is 11.3 Å². The van der Waals surface area contributed by atoms with Crippen LogP contribution in [0.4, 0.5) is 9.80 Å². The first-order valence-electron chi connectivity index (χ1n) is 7.95. The molecule has 0 aliphatic carbocycles. The Hall–Kier alpha value is -2.34. The molecular formula is C18H20N2O3S. The number of anilines is 1. The summed E-state index contributed by atoms with van der Waals surface area (Å²) in [6.07, 6.45) is 0.302. The molecule has 0 spiro atoms. The Morgan fingerprint density at radius 1 is 1.33 bits per heavy atom. The SMILES string of the molecule is CCOC(=O)N1CCc2c(sc(N)c2C(=O)c2ccccc2C)C1. The summed E-state index contributed by atoms with van der Waals surface area (Å²) in [5.74, 6) is -0.0346. The quantitative estimate of drug-likeness (QED) is 0.866. The van der Waals surface area contributed by atoms with E-state index in [1.165, 1.54) is 11.3 Å². The van der Waals surface area contributed by atoms with Gasteiger partial charge in [0.1, 0.15) is 0 Å². The Morgan fingerprint density at radius 3 is 2.79 bits per heavy atom. The number of amides is 1. The van der Waals surface area contributed by atoms with Gasteiger partial charge in [-0.25, -0.2) is 4.79 Å². The van der Waals surface area contributed by atoms with Crippen molar-refractivity contribution in [3.8, 4) is 0 Å². The number of nitrogens with zero attached hydrogens (tertiary/aromatic N) is 1. The Balaban J connectivity index is 1.92. The monoisotopic (exact) mass is 344 g/mol. The predicted molar refractivity (Wildman–Crippen MR) is 94.5 cm³/mol. The summed E-state index contributed by atoms with van der Waals surface area (Å²) in [5.41, 5.74) is 9.35. The van der Waals surface area contributed by atoms with Crippen molar-refractivity contribution in [2.75, 3.05) is 18.9 Å². The van der Waals surface area contributed by atoms with E-state index in [0.717, 1.165) is 16.0 Å². The molecule has 1 amide bonds. The lowest BCUT2D eigenvalue weighted by Crippen LogP contribution is -2.36. The minimum absolute atomic E-state index is 0.0346. The third-order valence-electron chi connectivity index (χ3n) is 4.23. The number of ketones is 1. The molecular weight excluding hydrogens is 324 g/mol. The fourth-order valence-corrected chi connectivity index (χ4v) is 4.14. The van der Waals surface area contributed by atoms with Crippen molar-refractivity contribution in [1.29, 1.82) is 0 Å². The third-order valence-corrected chi connectivity index (χ3v) is 5.27. The fraction of sp³-hybridized carbons (Fsp3) is 0.333. The van der Waals surface area contributed by atoms with E-state index in [2.05, 4.69) is 0 Å². The Bertz CT molecular complexity index is 798. The Labute approximate surface area is 145 Å². The zero-order valence-corrected chi connectivity index (χ0v) is 14.6. The molecule has 5 nitrogen and oxygen atoms in total. The highest BCUT2D eigenvalue weighted by molar-refractivity contribution is 7.16. The van der Waals surface area contributed by atoms with Crippen molar-refractivity contribution in [3.63, 3.8) is 0 Å². The summed E-state index contributed by atoms with van der Waals surface area (Å²) in [6.45, 7) is 5.05. The van der Waals surface area contributed by atoms with Crippen LogP contribution in [0, 0.1) is 6.92 Å². The summed E-state index contributed by atoms with van der Waals surface area (Å²) in [6, 6.07) is 7.52. The number of hydrogen-bond acceptors (Lipinski definition) is 5. The van der Waals surface area contributed by atoms with Gasteiger partial charge in [0.25, 0.3) is 0 Å². The minimum atomic E-state index is -0.318. The van der Waals surface area contributed by atoms with Crippen LogP contribution in [0.5, 0.6) is 0 Å². The summed E-state index contributed by atoms with van der Waals surface area (Å²) < 4.78 is 5.06. The standard InChI is InChI=1S/C18H20N2O3S/c1-3-23-18(22)20-9-8-13-14(10-20)24-17(19)15(13)16(21)12-7-5-4-6-11(12)2/h4-7H,3,8-10,19H2,1-2H3. The lowest BCUT2D eigenvalue weighted by Gasteiger charge is -2.26. The number of ether oxygens (including phenoxy) is 1. The average Bonchev–Trinajstić information content (AvgIpc) is 2.89. The van der Waals surface area contributed by atoms with Gasteiger partial charge in [-0.05, 0) is 31.4 Å². The molecule has 6 heteroatoms. The first-order valence-corrected chi connectivity index (χ1v) is 8.76. The summed E-state index contributed by atoms with van der Waals surface area (Å²) in [5, 5.41) is 0.527. The van der Waals surface area contributed by atoms with Gasteiger partial charge in [-0.1, -0.05) is 24.3 Å². The van der Waals surface area contributed by atoms with Crippen molar-refractivity contribution in [3.05, 3.63) is 51.4 Å². The number of thiophene rings is 1. The second-order valence-corrected chi connectivity index (χ2v) is 6.89. The van der Waals surface area contributed by atoms with Crippen LogP contribution in [-0.2, 0) is 17.7 Å². The molecule has 1 aromatic carbocycles. The van der Waals surface area contributed by atoms with E-state index in [-0.39, 0.29) is 11.9 Å². The number of benzene rings is 1.